The Bertz CT molecular complexity index is 1230. The van der Waals surface area contributed by atoms with Gasteiger partial charge in [0, 0.05) is 6.42 Å². The second-order valence-electron chi connectivity index (χ2n) is 19.3. The average Bonchev–Trinajstić information content (AvgIpc) is 3.32. The molecule has 6 heteroatoms. The summed E-state index contributed by atoms with van der Waals surface area (Å²) in [6, 6.07) is -0.715. The number of aliphatic hydroxyl groups is 2. The highest BCUT2D eigenvalue weighted by atomic mass is 16.5. The van der Waals surface area contributed by atoms with E-state index in [9.17, 15) is 19.8 Å². The van der Waals surface area contributed by atoms with Gasteiger partial charge in [-0.2, -0.15) is 0 Å². The smallest absolute Gasteiger partial charge is 0.306 e. The van der Waals surface area contributed by atoms with Gasteiger partial charge in [-0.3, -0.25) is 9.59 Å². The predicted octanol–water partition coefficient (Wildman–Crippen LogP) is 17.7. The fraction of sp³-hybridized carbons (Fsp3) is 0.770. The first-order valence-corrected chi connectivity index (χ1v) is 28.7. The molecule has 0 aromatic rings. The minimum atomic E-state index is -0.800. The third kappa shape index (κ3) is 49.5. The van der Waals surface area contributed by atoms with E-state index in [1.807, 2.05) is 0 Å². The van der Waals surface area contributed by atoms with Crippen molar-refractivity contribution in [3.8, 4) is 0 Å². The Morgan fingerprint density at radius 1 is 0.448 bits per heavy atom. The van der Waals surface area contributed by atoms with Crippen LogP contribution in [-0.2, 0) is 14.3 Å². The minimum Gasteiger partial charge on any atom is -0.462 e. The molecular weight excluding hydrogens is 827 g/mol. The molecule has 3 unspecified atom stereocenters. The molecule has 0 heterocycles. The summed E-state index contributed by atoms with van der Waals surface area (Å²) in [5, 5.41) is 23.9. The molecule has 0 spiro atoms. The Balaban J connectivity index is 4.64. The van der Waals surface area contributed by atoms with E-state index in [2.05, 4.69) is 99.0 Å². The van der Waals surface area contributed by atoms with Gasteiger partial charge in [0.2, 0.25) is 5.91 Å². The molecule has 0 rings (SSSR count). The fourth-order valence-corrected chi connectivity index (χ4v) is 8.45. The second kappa shape index (κ2) is 54.2. The molecule has 0 fully saturated rings. The second-order valence-corrected chi connectivity index (χ2v) is 19.3. The summed E-state index contributed by atoms with van der Waals surface area (Å²) in [5.74, 6) is -0.506. The average molecular weight is 937 g/mol. The van der Waals surface area contributed by atoms with E-state index in [4.69, 9.17) is 4.74 Å². The maximum absolute atomic E-state index is 13.3. The zero-order valence-corrected chi connectivity index (χ0v) is 44.3. The Kier molecular flexibility index (Phi) is 52.1. The van der Waals surface area contributed by atoms with Crippen molar-refractivity contribution >= 4 is 11.9 Å². The topological polar surface area (TPSA) is 95.9 Å². The first-order valence-electron chi connectivity index (χ1n) is 28.7. The molecule has 0 bridgehead atoms. The van der Waals surface area contributed by atoms with Gasteiger partial charge in [-0.15, -0.1) is 0 Å². The Labute approximate surface area is 415 Å². The van der Waals surface area contributed by atoms with Gasteiger partial charge in [-0.25, -0.2) is 0 Å². The van der Waals surface area contributed by atoms with Gasteiger partial charge in [0.05, 0.1) is 25.2 Å². The number of amides is 1. The molecule has 388 valence electrons. The van der Waals surface area contributed by atoms with E-state index in [-0.39, 0.29) is 24.9 Å². The molecule has 0 radical (unpaired) electrons. The predicted molar refractivity (Wildman–Crippen MR) is 291 cm³/mol. The maximum Gasteiger partial charge on any atom is 0.306 e. The number of ether oxygens (including phenoxy) is 1. The van der Waals surface area contributed by atoms with Crippen LogP contribution in [0.1, 0.15) is 278 Å². The molecule has 0 aromatic heterocycles. The number of rotatable bonds is 51. The van der Waals surface area contributed by atoms with Crippen LogP contribution in [0.3, 0.4) is 0 Å². The summed E-state index contributed by atoms with van der Waals surface area (Å²) in [7, 11) is 0. The molecule has 0 aliphatic rings. The van der Waals surface area contributed by atoms with Gasteiger partial charge < -0.3 is 20.3 Å². The van der Waals surface area contributed by atoms with Gasteiger partial charge in [-0.05, 0) is 96.3 Å². The Morgan fingerprint density at radius 2 is 0.806 bits per heavy atom. The number of allylic oxidation sites excluding steroid dienone is 12. The summed E-state index contributed by atoms with van der Waals surface area (Å²) in [6.07, 6.45) is 69.6. The number of hydrogen-bond acceptors (Lipinski definition) is 5. The van der Waals surface area contributed by atoms with Crippen molar-refractivity contribution in [3.63, 3.8) is 0 Å². The monoisotopic (exact) mass is 936 g/mol. The lowest BCUT2D eigenvalue weighted by atomic mass is 10.0. The summed E-state index contributed by atoms with van der Waals surface area (Å²) in [4.78, 5) is 26.3. The van der Waals surface area contributed by atoms with E-state index in [0.29, 0.717) is 19.3 Å². The molecule has 0 aliphatic carbocycles. The first-order chi connectivity index (χ1) is 33.0. The molecule has 0 saturated carbocycles. The lowest BCUT2D eigenvalue weighted by molar-refractivity contribution is -0.151. The van der Waals surface area contributed by atoms with Crippen LogP contribution in [0.15, 0.2) is 72.9 Å². The molecule has 1 amide bonds. The van der Waals surface area contributed by atoms with E-state index >= 15 is 0 Å². The van der Waals surface area contributed by atoms with Crippen molar-refractivity contribution in [2.45, 2.75) is 296 Å². The van der Waals surface area contributed by atoms with Crippen LogP contribution in [0.5, 0.6) is 0 Å². The normalized spacial score (nSPS) is 13.7. The van der Waals surface area contributed by atoms with Crippen molar-refractivity contribution in [3.05, 3.63) is 72.9 Å². The minimum absolute atomic E-state index is 0.0554. The number of unbranched alkanes of at least 4 members (excludes halogenated alkanes) is 27. The van der Waals surface area contributed by atoms with Crippen LogP contribution in [0.4, 0.5) is 0 Å². The number of hydrogen-bond donors (Lipinski definition) is 3. The molecule has 3 N–H and O–H groups in total. The van der Waals surface area contributed by atoms with E-state index in [1.165, 1.54) is 122 Å². The summed E-state index contributed by atoms with van der Waals surface area (Å²) < 4.78 is 5.95. The van der Waals surface area contributed by atoms with Crippen molar-refractivity contribution < 1.29 is 24.5 Å². The van der Waals surface area contributed by atoms with Crippen LogP contribution in [0.25, 0.3) is 0 Å². The number of nitrogens with one attached hydrogen (secondary N) is 1. The standard InChI is InChI=1S/C61H109NO5/c1-4-7-10-13-16-19-22-25-28-30-32-34-37-40-43-46-49-52-57(67-61(66)54-51-48-45-42-39-36-33-29-26-23-20-17-14-11-8-5-2)55-60(65)62-58(56-63)59(64)53-50-47-44-41-38-35-31-27-24-21-18-15-12-9-6-3/h8,11,16-17,19-20,25-26,28-29,32,34,57-59,63-64H,4-7,9-10,12-15,18,21-24,27,30-31,33,35-56H2,1-3H3,(H,62,65)/b11-8+,19-16-,20-17+,28-25-,29-26+,34-32-. The van der Waals surface area contributed by atoms with Gasteiger partial charge >= 0.3 is 5.97 Å². The van der Waals surface area contributed by atoms with Crippen molar-refractivity contribution in [2.24, 2.45) is 0 Å². The molecular formula is C61H109NO5. The molecule has 0 aromatic carbocycles. The quantitative estimate of drug-likeness (QED) is 0.0321. The SMILES string of the molecule is CC/C=C/C/C=C/C/C=C/CCCCCCCCC(=O)OC(CCCCCC/C=C\C/C=C\C/C=C\CCCCC)CC(=O)NC(CO)C(O)CCCCCCCCCCCCCCCCC. The maximum atomic E-state index is 13.3. The highest BCUT2D eigenvalue weighted by molar-refractivity contribution is 5.77. The van der Waals surface area contributed by atoms with Crippen LogP contribution in [0.2, 0.25) is 0 Å². The van der Waals surface area contributed by atoms with Crippen molar-refractivity contribution in [2.75, 3.05) is 6.61 Å². The van der Waals surface area contributed by atoms with Crippen LogP contribution < -0.4 is 5.32 Å². The molecule has 0 saturated heterocycles. The highest BCUT2D eigenvalue weighted by Crippen LogP contribution is 2.18. The molecule has 67 heavy (non-hydrogen) atoms. The Hall–Kier alpha value is -2.70. The van der Waals surface area contributed by atoms with Crippen LogP contribution in [-0.4, -0.2) is 46.9 Å². The number of aliphatic hydroxyl groups excluding tert-OH is 2. The number of carbonyl (C=O) groups excluding carboxylic acids is 2. The van der Waals surface area contributed by atoms with Gasteiger partial charge in [0.1, 0.15) is 6.10 Å². The zero-order chi connectivity index (χ0) is 48.8. The fourth-order valence-electron chi connectivity index (χ4n) is 8.45. The van der Waals surface area contributed by atoms with E-state index in [1.54, 1.807) is 0 Å². The molecule has 0 aliphatic heterocycles. The number of carbonyl (C=O) groups is 2. The summed E-state index contributed by atoms with van der Waals surface area (Å²) in [5.41, 5.74) is 0. The molecule has 6 nitrogen and oxygen atoms in total. The molecule has 3 atom stereocenters. The summed E-state index contributed by atoms with van der Waals surface area (Å²) >= 11 is 0. The van der Waals surface area contributed by atoms with E-state index in [0.717, 1.165) is 109 Å². The Morgan fingerprint density at radius 3 is 1.25 bits per heavy atom. The van der Waals surface area contributed by atoms with Gasteiger partial charge in [0.15, 0.2) is 0 Å². The van der Waals surface area contributed by atoms with Crippen LogP contribution >= 0.6 is 0 Å². The first kappa shape index (κ1) is 64.3. The summed E-state index contributed by atoms with van der Waals surface area (Å²) in [6.45, 7) is 6.36. The number of esters is 1. The van der Waals surface area contributed by atoms with Crippen LogP contribution in [0, 0.1) is 0 Å². The van der Waals surface area contributed by atoms with Gasteiger partial charge in [0.25, 0.3) is 0 Å². The third-order valence-electron chi connectivity index (χ3n) is 12.8. The lowest BCUT2D eigenvalue weighted by Gasteiger charge is -2.24. The van der Waals surface area contributed by atoms with Crippen molar-refractivity contribution in [1.29, 1.82) is 0 Å². The lowest BCUT2D eigenvalue weighted by Crippen LogP contribution is -2.46. The van der Waals surface area contributed by atoms with E-state index < -0.39 is 18.2 Å². The van der Waals surface area contributed by atoms with Crippen molar-refractivity contribution in [1.82, 2.24) is 5.32 Å². The highest BCUT2D eigenvalue weighted by Gasteiger charge is 2.24. The van der Waals surface area contributed by atoms with Gasteiger partial charge in [-0.1, -0.05) is 241 Å². The third-order valence-corrected chi connectivity index (χ3v) is 12.8. The largest absolute Gasteiger partial charge is 0.462 e. The zero-order valence-electron chi connectivity index (χ0n) is 44.3.